The number of aliphatic imine (C=N–C) groups is 1. The lowest BCUT2D eigenvalue weighted by atomic mass is 10.1. The van der Waals surface area contributed by atoms with Gasteiger partial charge < -0.3 is 25.0 Å². The molecule has 1 saturated heterocycles. The summed E-state index contributed by atoms with van der Waals surface area (Å²) in [5, 5.41) is 4.33. The molecule has 3 N–H and O–H groups in total. The summed E-state index contributed by atoms with van der Waals surface area (Å²) in [4.78, 5) is 11.0. The Hall–Kier alpha value is -2.62. The Morgan fingerprint density at radius 1 is 1.37 bits per heavy atom. The number of aryl methyl sites for hydroxylation is 1. The standard InChI is InChI=1S/C21H33N7O2/c1-16-5-6-18(22)17(13-16)15-23-25-19-14-20(26(2)3)27(4)21(24-19)30-12-9-28-7-10-29-11-8-28/h5-6,13-15,21H,7-12,22H2,1-4H3,(H,24,25)/b23-15+. The van der Waals surface area contributed by atoms with E-state index in [1.54, 1.807) is 6.21 Å². The molecule has 2 aliphatic heterocycles. The fourth-order valence-corrected chi connectivity index (χ4v) is 3.32. The molecule has 1 unspecified atom stereocenters. The minimum atomic E-state index is -0.421. The van der Waals surface area contributed by atoms with Crippen LogP contribution in [0.15, 0.2) is 40.2 Å². The van der Waals surface area contributed by atoms with Gasteiger partial charge in [0.05, 0.1) is 26.0 Å². The molecule has 1 fully saturated rings. The summed E-state index contributed by atoms with van der Waals surface area (Å²) in [6, 6.07) is 5.86. The lowest BCUT2D eigenvalue weighted by molar-refractivity contribution is -0.0515. The normalized spacial score (nSPS) is 20.3. The van der Waals surface area contributed by atoms with E-state index in [0.29, 0.717) is 18.1 Å². The smallest absolute Gasteiger partial charge is 0.231 e. The number of hydrogen-bond donors (Lipinski definition) is 2. The Balaban J connectivity index is 1.63. The summed E-state index contributed by atoms with van der Waals surface area (Å²) in [5.41, 5.74) is 11.7. The molecule has 2 heterocycles. The van der Waals surface area contributed by atoms with Crippen molar-refractivity contribution in [3.63, 3.8) is 0 Å². The van der Waals surface area contributed by atoms with E-state index in [2.05, 4.69) is 20.4 Å². The molecule has 164 valence electrons. The van der Waals surface area contributed by atoms with Crippen molar-refractivity contribution in [2.45, 2.75) is 13.3 Å². The van der Waals surface area contributed by atoms with Crippen LogP contribution in [0, 0.1) is 6.92 Å². The van der Waals surface area contributed by atoms with Gasteiger partial charge in [-0.05, 0) is 19.1 Å². The minimum absolute atomic E-state index is 0.421. The largest absolute Gasteiger partial charge is 0.398 e. The number of nitrogens with two attached hydrogens (primary N) is 1. The number of amidine groups is 1. The van der Waals surface area contributed by atoms with E-state index in [1.807, 2.05) is 62.1 Å². The first-order valence-corrected chi connectivity index (χ1v) is 10.2. The van der Waals surface area contributed by atoms with Crippen LogP contribution < -0.4 is 11.2 Å². The summed E-state index contributed by atoms with van der Waals surface area (Å²) < 4.78 is 11.5. The number of morpholine rings is 1. The van der Waals surface area contributed by atoms with E-state index < -0.39 is 6.35 Å². The second kappa shape index (κ2) is 10.4. The van der Waals surface area contributed by atoms with Crippen molar-refractivity contribution in [3.8, 4) is 0 Å². The first kappa shape index (κ1) is 22.1. The first-order chi connectivity index (χ1) is 14.4. The highest BCUT2D eigenvalue weighted by molar-refractivity contribution is 5.95. The highest BCUT2D eigenvalue weighted by Crippen LogP contribution is 2.17. The van der Waals surface area contributed by atoms with Gasteiger partial charge in [-0.3, -0.25) is 10.3 Å². The second-order valence-electron chi connectivity index (χ2n) is 7.68. The Morgan fingerprint density at radius 3 is 2.87 bits per heavy atom. The average molecular weight is 416 g/mol. The second-order valence-corrected chi connectivity index (χ2v) is 7.68. The van der Waals surface area contributed by atoms with Crippen LogP contribution in [0.2, 0.25) is 0 Å². The molecule has 0 radical (unpaired) electrons. The Labute approximate surface area is 178 Å². The fourth-order valence-electron chi connectivity index (χ4n) is 3.32. The maximum atomic E-state index is 6.08. The van der Waals surface area contributed by atoms with E-state index in [4.69, 9.17) is 15.2 Å². The van der Waals surface area contributed by atoms with Crippen molar-refractivity contribution in [1.82, 2.24) is 20.1 Å². The van der Waals surface area contributed by atoms with Gasteiger partial charge in [0.1, 0.15) is 11.7 Å². The highest BCUT2D eigenvalue weighted by atomic mass is 16.5. The molecule has 2 aliphatic rings. The molecular weight excluding hydrogens is 382 g/mol. The van der Waals surface area contributed by atoms with Crippen LogP contribution in [-0.4, -0.2) is 93.7 Å². The molecule has 3 rings (SSSR count). The van der Waals surface area contributed by atoms with Gasteiger partial charge >= 0.3 is 0 Å². The van der Waals surface area contributed by atoms with E-state index in [0.717, 1.165) is 49.8 Å². The molecule has 9 nitrogen and oxygen atoms in total. The van der Waals surface area contributed by atoms with Crippen molar-refractivity contribution in [1.29, 1.82) is 0 Å². The topological polar surface area (TPSA) is 90.9 Å². The summed E-state index contributed by atoms with van der Waals surface area (Å²) >= 11 is 0. The van der Waals surface area contributed by atoms with Gasteiger partial charge in [0.25, 0.3) is 0 Å². The zero-order chi connectivity index (χ0) is 21.5. The molecule has 0 aliphatic carbocycles. The summed E-state index contributed by atoms with van der Waals surface area (Å²) in [5.74, 6) is 1.62. The van der Waals surface area contributed by atoms with Crippen molar-refractivity contribution >= 4 is 17.7 Å². The van der Waals surface area contributed by atoms with E-state index >= 15 is 0 Å². The SMILES string of the molecule is Cc1ccc(N)c(/C=N/NC2=NC(OCCN3CCOCC3)N(C)C(N(C)C)=C2)c1. The van der Waals surface area contributed by atoms with Crippen LogP contribution in [0.3, 0.4) is 0 Å². The van der Waals surface area contributed by atoms with Crippen molar-refractivity contribution in [3.05, 3.63) is 41.2 Å². The van der Waals surface area contributed by atoms with Crippen molar-refractivity contribution in [2.75, 3.05) is 66.3 Å². The van der Waals surface area contributed by atoms with Gasteiger partial charge in [0.2, 0.25) is 6.35 Å². The lowest BCUT2D eigenvalue weighted by Crippen LogP contribution is -2.44. The molecule has 0 saturated carbocycles. The maximum Gasteiger partial charge on any atom is 0.231 e. The van der Waals surface area contributed by atoms with Crippen LogP contribution in [0.5, 0.6) is 0 Å². The molecule has 9 heteroatoms. The third-order valence-electron chi connectivity index (χ3n) is 5.07. The molecule has 30 heavy (non-hydrogen) atoms. The Bertz CT molecular complexity index is 801. The fraction of sp³-hybridized carbons (Fsp3) is 0.524. The number of nitrogens with zero attached hydrogens (tertiary/aromatic N) is 5. The highest BCUT2D eigenvalue weighted by Gasteiger charge is 2.24. The molecule has 1 atom stereocenters. The number of nitrogen functional groups attached to an aromatic ring is 1. The van der Waals surface area contributed by atoms with Crippen LogP contribution >= 0.6 is 0 Å². The summed E-state index contributed by atoms with van der Waals surface area (Å²) in [6.07, 6.45) is 3.23. The number of benzene rings is 1. The molecule has 1 aromatic carbocycles. The Kier molecular flexibility index (Phi) is 7.67. The van der Waals surface area contributed by atoms with Gasteiger partial charge in [-0.25, -0.2) is 4.99 Å². The minimum Gasteiger partial charge on any atom is -0.398 e. The number of hydrazone groups is 1. The van der Waals surface area contributed by atoms with E-state index in [1.165, 1.54) is 0 Å². The van der Waals surface area contributed by atoms with Crippen LogP contribution in [0.1, 0.15) is 11.1 Å². The van der Waals surface area contributed by atoms with Gasteiger partial charge in [-0.2, -0.15) is 5.10 Å². The summed E-state index contributed by atoms with van der Waals surface area (Å²) in [7, 11) is 5.96. The van der Waals surface area contributed by atoms with Crippen LogP contribution in [0.4, 0.5) is 5.69 Å². The number of hydrogen-bond acceptors (Lipinski definition) is 9. The monoisotopic (exact) mass is 415 g/mol. The number of rotatable bonds is 7. The molecular formula is C21H33N7O2. The number of ether oxygens (including phenoxy) is 2. The van der Waals surface area contributed by atoms with Crippen LogP contribution in [-0.2, 0) is 9.47 Å². The zero-order valence-electron chi connectivity index (χ0n) is 18.3. The molecule has 0 aromatic heterocycles. The van der Waals surface area contributed by atoms with Gasteiger partial charge in [0.15, 0.2) is 0 Å². The predicted molar refractivity (Wildman–Crippen MR) is 120 cm³/mol. The number of nitrogens with one attached hydrogen (secondary N) is 1. The third-order valence-corrected chi connectivity index (χ3v) is 5.07. The van der Waals surface area contributed by atoms with Gasteiger partial charge in [-0.1, -0.05) is 11.6 Å². The van der Waals surface area contributed by atoms with Crippen molar-refractivity contribution in [2.24, 2.45) is 10.1 Å². The Morgan fingerprint density at radius 2 is 2.13 bits per heavy atom. The molecule has 0 bridgehead atoms. The molecule has 0 spiro atoms. The molecule has 0 amide bonds. The number of anilines is 1. The summed E-state index contributed by atoms with van der Waals surface area (Å²) in [6.45, 7) is 6.93. The zero-order valence-corrected chi connectivity index (χ0v) is 18.3. The quantitative estimate of drug-likeness (QED) is 0.388. The first-order valence-electron chi connectivity index (χ1n) is 10.2. The van der Waals surface area contributed by atoms with Crippen molar-refractivity contribution < 1.29 is 9.47 Å². The average Bonchev–Trinajstić information content (AvgIpc) is 2.73. The van der Waals surface area contributed by atoms with E-state index in [9.17, 15) is 0 Å². The maximum absolute atomic E-state index is 6.08. The van der Waals surface area contributed by atoms with Gasteiger partial charge in [0, 0.05) is 58.1 Å². The third kappa shape index (κ3) is 5.94. The van der Waals surface area contributed by atoms with E-state index in [-0.39, 0.29) is 0 Å². The van der Waals surface area contributed by atoms with Crippen LogP contribution in [0.25, 0.3) is 0 Å². The lowest BCUT2D eigenvalue weighted by Gasteiger charge is -2.36. The predicted octanol–water partition coefficient (Wildman–Crippen LogP) is 0.880. The van der Waals surface area contributed by atoms with Gasteiger partial charge in [-0.15, -0.1) is 0 Å². The molecule has 1 aromatic rings.